The molecule has 0 unspecified atom stereocenters. The zero-order chi connectivity index (χ0) is 14.0. The van der Waals surface area contributed by atoms with E-state index in [9.17, 15) is 9.18 Å². The molecular weight excluding hydrogens is 317 g/mol. The number of pyridine rings is 1. The van der Waals surface area contributed by atoms with Crippen LogP contribution >= 0.6 is 15.9 Å². The van der Waals surface area contributed by atoms with Crippen molar-refractivity contribution in [2.75, 3.05) is 0 Å². The van der Waals surface area contributed by atoms with Crippen molar-refractivity contribution in [2.24, 2.45) is 0 Å². The summed E-state index contributed by atoms with van der Waals surface area (Å²) in [5, 5.41) is 8.95. The van der Waals surface area contributed by atoms with Gasteiger partial charge in [-0.2, -0.15) is 0 Å². The number of aromatic nitrogens is 1. The first kappa shape index (κ1) is 13.5. The third-order valence-electron chi connectivity index (χ3n) is 2.28. The second-order valence-electron chi connectivity index (χ2n) is 3.82. The SMILES string of the molecule is Cc1cc(C(=O)O)cc(Oc2cc(F)ccc2Br)n1. The maximum Gasteiger partial charge on any atom is 0.335 e. The third kappa shape index (κ3) is 3.29. The van der Waals surface area contributed by atoms with E-state index in [1.807, 2.05) is 0 Å². The van der Waals surface area contributed by atoms with E-state index in [2.05, 4.69) is 20.9 Å². The lowest BCUT2D eigenvalue weighted by molar-refractivity contribution is 0.0696. The average Bonchev–Trinajstić information content (AvgIpc) is 2.33. The highest BCUT2D eigenvalue weighted by atomic mass is 79.9. The Bertz CT molecular complexity index is 646. The van der Waals surface area contributed by atoms with Crippen LogP contribution in [-0.2, 0) is 0 Å². The molecule has 0 aliphatic carbocycles. The van der Waals surface area contributed by atoms with Crippen molar-refractivity contribution in [3.8, 4) is 11.6 Å². The van der Waals surface area contributed by atoms with Gasteiger partial charge in [0.1, 0.15) is 11.6 Å². The highest BCUT2D eigenvalue weighted by Crippen LogP contribution is 2.29. The van der Waals surface area contributed by atoms with Crippen LogP contribution in [0.1, 0.15) is 16.1 Å². The Morgan fingerprint density at radius 1 is 1.37 bits per heavy atom. The number of rotatable bonds is 3. The van der Waals surface area contributed by atoms with Crippen molar-refractivity contribution in [1.82, 2.24) is 4.98 Å². The molecule has 1 N–H and O–H groups in total. The van der Waals surface area contributed by atoms with Gasteiger partial charge in [0.25, 0.3) is 0 Å². The molecule has 19 heavy (non-hydrogen) atoms. The number of benzene rings is 1. The molecular formula is C13H9BrFNO3. The fourth-order valence-electron chi connectivity index (χ4n) is 1.48. The van der Waals surface area contributed by atoms with Crippen molar-refractivity contribution < 1.29 is 19.0 Å². The molecule has 0 atom stereocenters. The van der Waals surface area contributed by atoms with E-state index in [-0.39, 0.29) is 17.2 Å². The molecule has 2 rings (SSSR count). The van der Waals surface area contributed by atoms with Crippen LogP contribution in [0.25, 0.3) is 0 Å². The van der Waals surface area contributed by atoms with Crippen LogP contribution in [0, 0.1) is 12.7 Å². The molecule has 1 heterocycles. The summed E-state index contributed by atoms with van der Waals surface area (Å²) >= 11 is 3.22. The molecule has 0 fully saturated rings. The molecule has 0 bridgehead atoms. The topological polar surface area (TPSA) is 59.4 Å². The van der Waals surface area contributed by atoms with E-state index in [1.54, 1.807) is 6.92 Å². The molecule has 1 aromatic heterocycles. The molecule has 0 aliphatic rings. The lowest BCUT2D eigenvalue weighted by atomic mass is 10.2. The average molecular weight is 326 g/mol. The van der Waals surface area contributed by atoms with Crippen LogP contribution in [0.15, 0.2) is 34.8 Å². The molecule has 1 aromatic carbocycles. The monoisotopic (exact) mass is 325 g/mol. The van der Waals surface area contributed by atoms with Gasteiger partial charge >= 0.3 is 5.97 Å². The zero-order valence-corrected chi connectivity index (χ0v) is 11.4. The predicted octanol–water partition coefficient (Wildman–Crippen LogP) is 3.78. The standard InChI is InChI=1S/C13H9BrFNO3/c1-7-4-8(13(17)18)5-12(16-7)19-11-6-9(15)2-3-10(11)14/h2-6H,1H3,(H,17,18). The highest BCUT2D eigenvalue weighted by Gasteiger charge is 2.10. The van der Waals surface area contributed by atoms with Gasteiger partial charge in [-0.25, -0.2) is 14.2 Å². The number of carboxylic acid groups (broad SMARTS) is 1. The van der Waals surface area contributed by atoms with Crippen molar-refractivity contribution in [2.45, 2.75) is 6.92 Å². The number of aromatic carboxylic acids is 1. The minimum atomic E-state index is -1.08. The van der Waals surface area contributed by atoms with Crippen molar-refractivity contribution in [3.63, 3.8) is 0 Å². The van der Waals surface area contributed by atoms with Crippen molar-refractivity contribution in [3.05, 3.63) is 51.9 Å². The maximum absolute atomic E-state index is 13.1. The number of carbonyl (C=O) groups is 1. The second-order valence-corrected chi connectivity index (χ2v) is 4.67. The van der Waals surface area contributed by atoms with Crippen molar-refractivity contribution in [1.29, 1.82) is 0 Å². The number of hydrogen-bond donors (Lipinski definition) is 1. The number of carboxylic acids is 1. The first-order chi connectivity index (χ1) is 8.95. The van der Waals surface area contributed by atoms with Gasteiger partial charge in [0, 0.05) is 17.8 Å². The summed E-state index contributed by atoms with van der Waals surface area (Å²) in [5.74, 6) is -1.20. The molecule has 0 spiro atoms. The number of aryl methyl sites for hydroxylation is 1. The van der Waals surface area contributed by atoms with E-state index in [0.29, 0.717) is 10.2 Å². The number of halogens is 2. The van der Waals surface area contributed by atoms with Gasteiger partial charge in [0.15, 0.2) is 0 Å². The van der Waals surface area contributed by atoms with Gasteiger partial charge in [0.2, 0.25) is 5.88 Å². The van der Waals surface area contributed by atoms with Gasteiger partial charge in [-0.1, -0.05) is 0 Å². The lowest BCUT2D eigenvalue weighted by Crippen LogP contribution is -2.00. The fourth-order valence-corrected chi connectivity index (χ4v) is 1.81. The van der Waals surface area contributed by atoms with Crippen molar-refractivity contribution >= 4 is 21.9 Å². The highest BCUT2D eigenvalue weighted by molar-refractivity contribution is 9.10. The molecule has 0 radical (unpaired) electrons. The van der Waals surface area contributed by atoms with Gasteiger partial charge < -0.3 is 9.84 Å². The molecule has 0 saturated carbocycles. The predicted molar refractivity (Wildman–Crippen MR) is 70.1 cm³/mol. The summed E-state index contributed by atoms with van der Waals surface area (Å²) in [7, 11) is 0. The summed E-state index contributed by atoms with van der Waals surface area (Å²) in [5.41, 5.74) is 0.567. The van der Waals surface area contributed by atoms with E-state index in [4.69, 9.17) is 9.84 Å². The third-order valence-corrected chi connectivity index (χ3v) is 2.94. The number of nitrogens with zero attached hydrogens (tertiary/aromatic N) is 1. The molecule has 0 saturated heterocycles. The van der Waals surface area contributed by atoms with Gasteiger partial charge in [-0.05, 0) is 41.1 Å². The van der Waals surface area contributed by atoms with Crippen LogP contribution in [0.4, 0.5) is 4.39 Å². The Hall–Kier alpha value is -1.95. The van der Waals surface area contributed by atoms with Gasteiger partial charge in [-0.3, -0.25) is 0 Å². The molecule has 4 nitrogen and oxygen atoms in total. The van der Waals surface area contributed by atoms with Crippen LogP contribution in [0.5, 0.6) is 11.6 Å². The Morgan fingerprint density at radius 3 is 2.79 bits per heavy atom. The summed E-state index contributed by atoms with van der Waals surface area (Å²) in [6.45, 7) is 1.65. The zero-order valence-electron chi connectivity index (χ0n) is 9.85. The minimum absolute atomic E-state index is 0.0648. The summed E-state index contributed by atoms with van der Waals surface area (Å²) < 4.78 is 19.1. The minimum Gasteiger partial charge on any atom is -0.478 e. The normalized spacial score (nSPS) is 10.3. The quantitative estimate of drug-likeness (QED) is 0.932. The molecule has 0 amide bonds. The maximum atomic E-state index is 13.1. The van der Waals surface area contributed by atoms with E-state index >= 15 is 0 Å². The summed E-state index contributed by atoms with van der Waals surface area (Å²) in [6, 6.07) is 6.68. The van der Waals surface area contributed by atoms with E-state index < -0.39 is 11.8 Å². The molecule has 98 valence electrons. The first-order valence-electron chi connectivity index (χ1n) is 5.30. The lowest BCUT2D eigenvalue weighted by Gasteiger charge is -2.08. The number of hydrogen-bond acceptors (Lipinski definition) is 3. The Morgan fingerprint density at radius 2 is 2.11 bits per heavy atom. The molecule has 0 aliphatic heterocycles. The Labute approximate surface area is 117 Å². The molecule has 2 aromatic rings. The Balaban J connectivity index is 2.38. The first-order valence-corrected chi connectivity index (χ1v) is 6.10. The number of ether oxygens (including phenoxy) is 1. The van der Waals surface area contributed by atoms with Crippen LogP contribution in [0.2, 0.25) is 0 Å². The van der Waals surface area contributed by atoms with E-state index in [1.165, 1.54) is 30.3 Å². The van der Waals surface area contributed by atoms with E-state index in [0.717, 1.165) is 0 Å². The fraction of sp³-hybridized carbons (Fsp3) is 0.0769. The summed E-state index contributed by atoms with van der Waals surface area (Å²) in [4.78, 5) is 15.0. The largest absolute Gasteiger partial charge is 0.478 e. The van der Waals surface area contributed by atoms with Crippen LogP contribution in [0.3, 0.4) is 0 Å². The van der Waals surface area contributed by atoms with Crippen LogP contribution < -0.4 is 4.74 Å². The Kier molecular flexibility index (Phi) is 3.80. The van der Waals surface area contributed by atoms with Gasteiger partial charge in [-0.15, -0.1) is 0 Å². The van der Waals surface area contributed by atoms with Crippen LogP contribution in [-0.4, -0.2) is 16.1 Å². The second kappa shape index (κ2) is 5.36. The van der Waals surface area contributed by atoms with Gasteiger partial charge in [0.05, 0.1) is 10.0 Å². The summed E-state index contributed by atoms with van der Waals surface area (Å²) in [6.07, 6.45) is 0. The molecule has 6 heteroatoms. The smallest absolute Gasteiger partial charge is 0.335 e.